The Labute approximate surface area is 105 Å². The molecule has 0 aliphatic rings. The highest BCUT2D eigenvalue weighted by molar-refractivity contribution is 6.31. The van der Waals surface area contributed by atoms with E-state index in [4.69, 9.17) is 11.6 Å². The molecule has 0 atom stereocenters. The molecule has 0 unspecified atom stereocenters. The maximum absolute atomic E-state index is 9.18. The second-order valence-corrected chi connectivity index (χ2v) is 4.41. The third kappa shape index (κ3) is 2.18. The van der Waals surface area contributed by atoms with E-state index < -0.39 is 0 Å². The van der Waals surface area contributed by atoms with Gasteiger partial charge in [0.2, 0.25) is 0 Å². The smallest absolute Gasteiger partial charge is 0.154 e. The second-order valence-electron chi connectivity index (χ2n) is 4.03. The minimum absolute atomic E-state index is 0.0105. The molecule has 2 rings (SSSR count). The lowest BCUT2D eigenvalue weighted by Crippen LogP contribution is -2.04. The van der Waals surface area contributed by atoms with Gasteiger partial charge in [-0.1, -0.05) is 11.6 Å². The molecule has 0 aliphatic heterocycles. The average molecular weight is 252 g/mol. The standard InChI is InChI=1S/C12H14ClN3O/c1-7-4-10(6-17)5-11(14-7)16-9(3)12(13)8(2)15-16/h4-5,17H,6H2,1-3H3. The quantitative estimate of drug-likeness (QED) is 0.891. The molecule has 5 heteroatoms. The average Bonchev–Trinajstić information content (AvgIpc) is 2.56. The van der Waals surface area contributed by atoms with Crippen molar-refractivity contribution in [3.05, 3.63) is 39.8 Å². The van der Waals surface area contributed by atoms with Gasteiger partial charge in [0.25, 0.3) is 0 Å². The van der Waals surface area contributed by atoms with Crippen molar-refractivity contribution in [1.29, 1.82) is 0 Å². The molecule has 0 saturated carbocycles. The Morgan fingerprint density at radius 3 is 2.53 bits per heavy atom. The number of rotatable bonds is 2. The number of aliphatic hydroxyl groups excluding tert-OH is 1. The van der Waals surface area contributed by atoms with E-state index in [0.717, 1.165) is 22.6 Å². The van der Waals surface area contributed by atoms with Crippen LogP contribution in [-0.4, -0.2) is 19.9 Å². The summed E-state index contributed by atoms with van der Waals surface area (Å²) in [7, 11) is 0. The Morgan fingerprint density at radius 2 is 2.00 bits per heavy atom. The summed E-state index contributed by atoms with van der Waals surface area (Å²) in [5, 5.41) is 14.2. The van der Waals surface area contributed by atoms with E-state index >= 15 is 0 Å². The Bertz CT molecular complexity index is 563. The SMILES string of the molecule is Cc1cc(CO)cc(-n2nc(C)c(Cl)c2C)n1. The fourth-order valence-corrected chi connectivity index (χ4v) is 1.89. The van der Waals surface area contributed by atoms with Crippen LogP contribution in [0.3, 0.4) is 0 Å². The fraction of sp³-hybridized carbons (Fsp3) is 0.333. The Hall–Kier alpha value is -1.39. The highest BCUT2D eigenvalue weighted by Gasteiger charge is 2.12. The van der Waals surface area contributed by atoms with Crippen LogP contribution in [0.25, 0.3) is 5.82 Å². The predicted molar refractivity (Wildman–Crippen MR) is 66.5 cm³/mol. The number of nitrogens with zero attached hydrogens (tertiary/aromatic N) is 3. The van der Waals surface area contributed by atoms with Crippen molar-refractivity contribution in [1.82, 2.24) is 14.8 Å². The Morgan fingerprint density at radius 1 is 1.29 bits per heavy atom. The lowest BCUT2D eigenvalue weighted by molar-refractivity contribution is 0.281. The van der Waals surface area contributed by atoms with Crippen LogP contribution in [0.15, 0.2) is 12.1 Å². The lowest BCUT2D eigenvalue weighted by atomic mass is 10.2. The van der Waals surface area contributed by atoms with Crippen molar-refractivity contribution in [2.24, 2.45) is 0 Å². The summed E-state index contributed by atoms with van der Waals surface area (Å²) in [6.45, 7) is 5.62. The first-order chi connectivity index (χ1) is 8.02. The molecule has 4 nitrogen and oxygen atoms in total. The van der Waals surface area contributed by atoms with E-state index in [0.29, 0.717) is 10.8 Å². The molecule has 2 aromatic heterocycles. The molecule has 90 valence electrons. The van der Waals surface area contributed by atoms with Gasteiger partial charge in [-0.2, -0.15) is 5.10 Å². The largest absolute Gasteiger partial charge is 0.392 e. The molecule has 2 heterocycles. The summed E-state index contributed by atoms with van der Waals surface area (Å²) in [6.07, 6.45) is 0. The number of aryl methyl sites for hydroxylation is 2. The first-order valence-corrected chi connectivity index (χ1v) is 5.71. The van der Waals surface area contributed by atoms with Crippen molar-refractivity contribution >= 4 is 11.6 Å². The number of hydrogen-bond acceptors (Lipinski definition) is 3. The zero-order valence-corrected chi connectivity index (χ0v) is 10.8. The van der Waals surface area contributed by atoms with Gasteiger partial charge in [0, 0.05) is 5.69 Å². The van der Waals surface area contributed by atoms with E-state index in [9.17, 15) is 5.11 Å². The molecule has 0 spiro atoms. The van der Waals surface area contributed by atoms with Gasteiger partial charge in [0.15, 0.2) is 5.82 Å². The van der Waals surface area contributed by atoms with E-state index in [-0.39, 0.29) is 6.61 Å². The number of aromatic nitrogens is 3. The van der Waals surface area contributed by atoms with Gasteiger partial charge in [0.1, 0.15) is 0 Å². The summed E-state index contributed by atoms with van der Waals surface area (Å²) < 4.78 is 1.70. The molecule has 0 aromatic carbocycles. The minimum atomic E-state index is -0.0105. The molecular formula is C12H14ClN3O. The predicted octanol–water partition coefficient (Wildman–Crippen LogP) is 2.34. The van der Waals surface area contributed by atoms with Gasteiger partial charge >= 0.3 is 0 Å². The maximum atomic E-state index is 9.18. The maximum Gasteiger partial charge on any atom is 0.154 e. The van der Waals surface area contributed by atoms with Crippen LogP contribution in [-0.2, 0) is 6.61 Å². The Balaban J connectivity index is 2.59. The van der Waals surface area contributed by atoms with E-state index in [1.54, 1.807) is 4.68 Å². The van der Waals surface area contributed by atoms with Crippen LogP contribution in [0.1, 0.15) is 22.6 Å². The fourth-order valence-electron chi connectivity index (χ4n) is 1.77. The number of hydrogen-bond donors (Lipinski definition) is 1. The first-order valence-electron chi connectivity index (χ1n) is 5.33. The van der Waals surface area contributed by atoms with Crippen molar-refractivity contribution in [3.8, 4) is 5.82 Å². The molecule has 0 fully saturated rings. The highest BCUT2D eigenvalue weighted by atomic mass is 35.5. The molecule has 1 N–H and O–H groups in total. The molecule has 0 amide bonds. The van der Waals surface area contributed by atoms with Crippen LogP contribution in [0, 0.1) is 20.8 Å². The summed E-state index contributed by atoms with van der Waals surface area (Å²) in [5.74, 6) is 0.682. The van der Waals surface area contributed by atoms with E-state index in [2.05, 4.69) is 10.1 Å². The summed E-state index contributed by atoms with van der Waals surface area (Å²) in [6, 6.07) is 3.65. The molecule has 17 heavy (non-hydrogen) atoms. The number of aliphatic hydroxyl groups is 1. The van der Waals surface area contributed by atoms with Gasteiger partial charge < -0.3 is 5.11 Å². The normalized spacial score (nSPS) is 10.9. The monoisotopic (exact) mass is 251 g/mol. The highest BCUT2D eigenvalue weighted by Crippen LogP contribution is 2.22. The van der Waals surface area contributed by atoms with Gasteiger partial charge in [-0.3, -0.25) is 0 Å². The first kappa shape index (κ1) is 12.1. The zero-order valence-electron chi connectivity index (χ0n) is 10.0. The minimum Gasteiger partial charge on any atom is -0.392 e. The third-order valence-corrected chi connectivity index (χ3v) is 3.15. The summed E-state index contributed by atoms with van der Waals surface area (Å²) >= 11 is 6.10. The van der Waals surface area contributed by atoms with E-state index in [1.165, 1.54) is 0 Å². The topological polar surface area (TPSA) is 50.9 Å². The van der Waals surface area contributed by atoms with Crippen LogP contribution in [0.2, 0.25) is 5.02 Å². The molecule has 0 saturated heterocycles. The van der Waals surface area contributed by atoms with Gasteiger partial charge in [-0.15, -0.1) is 0 Å². The summed E-state index contributed by atoms with van der Waals surface area (Å²) in [5.41, 5.74) is 3.29. The number of pyridine rings is 1. The van der Waals surface area contributed by atoms with Crippen LogP contribution < -0.4 is 0 Å². The molecule has 0 bridgehead atoms. The Kier molecular flexibility index (Phi) is 3.17. The van der Waals surface area contributed by atoms with Crippen molar-refractivity contribution in [2.75, 3.05) is 0 Å². The van der Waals surface area contributed by atoms with Gasteiger partial charge in [-0.05, 0) is 38.5 Å². The van der Waals surface area contributed by atoms with E-state index in [1.807, 2.05) is 32.9 Å². The lowest BCUT2D eigenvalue weighted by Gasteiger charge is -2.06. The van der Waals surface area contributed by atoms with Crippen LogP contribution in [0.4, 0.5) is 0 Å². The zero-order chi connectivity index (χ0) is 12.6. The third-order valence-electron chi connectivity index (χ3n) is 2.60. The molecule has 0 radical (unpaired) electrons. The van der Waals surface area contributed by atoms with Crippen molar-refractivity contribution in [2.45, 2.75) is 27.4 Å². The molecular weight excluding hydrogens is 238 g/mol. The summed E-state index contributed by atoms with van der Waals surface area (Å²) in [4.78, 5) is 4.40. The van der Waals surface area contributed by atoms with Crippen LogP contribution >= 0.6 is 11.6 Å². The number of halogens is 1. The van der Waals surface area contributed by atoms with Crippen molar-refractivity contribution < 1.29 is 5.11 Å². The molecule has 0 aliphatic carbocycles. The van der Waals surface area contributed by atoms with Crippen molar-refractivity contribution in [3.63, 3.8) is 0 Å². The molecule has 2 aromatic rings. The van der Waals surface area contributed by atoms with Gasteiger partial charge in [0.05, 0.1) is 23.0 Å². The van der Waals surface area contributed by atoms with Gasteiger partial charge in [-0.25, -0.2) is 9.67 Å². The van der Waals surface area contributed by atoms with Crippen LogP contribution in [0.5, 0.6) is 0 Å². The second kappa shape index (κ2) is 4.47.